The third kappa shape index (κ3) is 3.82. The van der Waals surface area contributed by atoms with Crippen molar-refractivity contribution in [2.45, 2.75) is 26.3 Å². The first kappa shape index (κ1) is 15.0. The van der Waals surface area contributed by atoms with Crippen molar-refractivity contribution in [3.63, 3.8) is 0 Å². The second-order valence-electron chi connectivity index (χ2n) is 5.35. The van der Waals surface area contributed by atoms with Gasteiger partial charge in [0.25, 0.3) is 0 Å². The van der Waals surface area contributed by atoms with Gasteiger partial charge in [-0.2, -0.15) is 0 Å². The average molecular weight is 295 g/mol. The molecule has 0 unspecified atom stereocenters. The molecule has 1 heterocycles. The van der Waals surface area contributed by atoms with E-state index in [1.807, 2.05) is 37.3 Å². The zero-order valence-electron chi connectivity index (χ0n) is 11.8. The van der Waals surface area contributed by atoms with Gasteiger partial charge in [0, 0.05) is 13.1 Å². The highest BCUT2D eigenvalue weighted by atomic mass is 32.2. The summed E-state index contributed by atoms with van der Waals surface area (Å²) in [5, 5.41) is 0. The van der Waals surface area contributed by atoms with Crippen molar-refractivity contribution in [3.05, 3.63) is 35.9 Å². The van der Waals surface area contributed by atoms with E-state index >= 15 is 0 Å². The Balaban J connectivity index is 2.06. The van der Waals surface area contributed by atoms with Crippen LogP contribution in [0.15, 0.2) is 30.3 Å². The Hall–Kier alpha value is -1.36. The normalized spacial score (nSPS) is 20.8. The van der Waals surface area contributed by atoms with E-state index in [1.165, 1.54) is 0 Å². The molecule has 5 heteroatoms. The molecule has 1 aliphatic heterocycles. The predicted octanol–water partition coefficient (Wildman–Crippen LogP) is 1.86. The van der Waals surface area contributed by atoms with Crippen LogP contribution in [-0.4, -0.2) is 37.3 Å². The van der Waals surface area contributed by atoms with E-state index in [-0.39, 0.29) is 23.3 Å². The molecule has 2 rings (SSSR count). The number of rotatable bonds is 5. The van der Waals surface area contributed by atoms with Crippen LogP contribution >= 0.6 is 0 Å². The molecule has 1 atom stereocenters. The Labute approximate surface area is 120 Å². The van der Waals surface area contributed by atoms with Gasteiger partial charge in [-0.25, -0.2) is 8.42 Å². The predicted molar refractivity (Wildman–Crippen MR) is 78.9 cm³/mol. The number of sulfone groups is 1. The van der Waals surface area contributed by atoms with Gasteiger partial charge in [0.2, 0.25) is 5.91 Å². The minimum atomic E-state index is -3.01. The van der Waals surface area contributed by atoms with Gasteiger partial charge in [0.15, 0.2) is 9.84 Å². The van der Waals surface area contributed by atoms with Crippen molar-refractivity contribution < 1.29 is 13.2 Å². The molecular weight excluding hydrogens is 274 g/mol. The zero-order chi connectivity index (χ0) is 14.6. The summed E-state index contributed by atoms with van der Waals surface area (Å²) in [4.78, 5) is 14.3. The summed E-state index contributed by atoms with van der Waals surface area (Å²) >= 11 is 0. The number of nitrogens with zero attached hydrogens (tertiary/aromatic N) is 1. The summed E-state index contributed by atoms with van der Waals surface area (Å²) in [6, 6.07) is 9.82. The maximum atomic E-state index is 12.5. The molecule has 4 nitrogen and oxygen atoms in total. The van der Waals surface area contributed by atoms with E-state index in [0.29, 0.717) is 19.5 Å². The molecule has 1 fully saturated rings. The molecular formula is C15H21NO3S. The van der Waals surface area contributed by atoms with Crippen LogP contribution in [0.5, 0.6) is 0 Å². The molecule has 0 N–H and O–H groups in total. The van der Waals surface area contributed by atoms with E-state index in [9.17, 15) is 13.2 Å². The zero-order valence-corrected chi connectivity index (χ0v) is 12.6. The Bertz CT molecular complexity index is 554. The van der Waals surface area contributed by atoms with Crippen molar-refractivity contribution >= 4 is 15.7 Å². The SMILES string of the molecule is CCCN(Cc1ccccc1)C(=O)[C@@H]1CCS(=O)(=O)C1. The average Bonchev–Trinajstić information content (AvgIpc) is 2.79. The summed E-state index contributed by atoms with van der Waals surface area (Å²) in [6.07, 6.45) is 1.34. The fourth-order valence-corrected chi connectivity index (χ4v) is 4.32. The Kier molecular flexibility index (Phi) is 4.81. The van der Waals surface area contributed by atoms with E-state index in [4.69, 9.17) is 0 Å². The number of carbonyl (C=O) groups excluding carboxylic acids is 1. The highest BCUT2D eigenvalue weighted by molar-refractivity contribution is 7.91. The minimum absolute atomic E-state index is 0.0147. The molecule has 0 aliphatic carbocycles. The number of amides is 1. The van der Waals surface area contributed by atoms with Crippen LogP contribution in [0.3, 0.4) is 0 Å². The van der Waals surface area contributed by atoms with Gasteiger partial charge < -0.3 is 4.90 Å². The van der Waals surface area contributed by atoms with Crippen LogP contribution < -0.4 is 0 Å². The first-order valence-corrected chi connectivity index (χ1v) is 8.87. The summed E-state index contributed by atoms with van der Waals surface area (Å²) in [5.41, 5.74) is 1.08. The smallest absolute Gasteiger partial charge is 0.227 e. The molecule has 1 aliphatic rings. The van der Waals surface area contributed by atoms with Crippen LogP contribution in [-0.2, 0) is 21.2 Å². The second kappa shape index (κ2) is 6.39. The summed E-state index contributed by atoms with van der Waals surface area (Å²) in [5.74, 6) is -0.206. The van der Waals surface area contributed by atoms with Crippen molar-refractivity contribution in [1.82, 2.24) is 4.90 Å². The lowest BCUT2D eigenvalue weighted by atomic mass is 10.1. The molecule has 20 heavy (non-hydrogen) atoms. The maximum absolute atomic E-state index is 12.5. The van der Waals surface area contributed by atoms with Gasteiger partial charge in [0.1, 0.15) is 0 Å². The van der Waals surface area contributed by atoms with Crippen molar-refractivity contribution in [1.29, 1.82) is 0 Å². The van der Waals surface area contributed by atoms with Crippen molar-refractivity contribution in [2.24, 2.45) is 5.92 Å². The second-order valence-corrected chi connectivity index (χ2v) is 7.57. The lowest BCUT2D eigenvalue weighted by molar-refractivity contribution is -0.135. The van der Waals surface area contributed by atoms with Crippen molar-refractivity contribution in [2.75, 3.05) is 18.1 Å². The van der Waals surface area contributed by atoms with E-state index in [1.54, 1.807) is 4.90 Å². The van der Waals surface area contributed by atoms with Crippen LogP contribution in [0.1, 0.15) is 25.3 Å². The van der Waals surface area contributed by atoms with Gasteiger partial charge in [-0.15, -0.1) is 0 Å². The van der Waals surface area contributed by atoms with Crippen LogP contribution in [0.4, 0.5) is 0 Å². The van der Waals surface area contributed by atoms with Gasteiger partial charge in [0.05, 0.1) is 17.4 Å². The summed E-state index contributed by atoms with van der Waals surface area (Å²) in [6.45, 7) is 3.25. The van der Waals surface area contributed by atoms with Gasteiger partial charge in [-0.3, -0.25) is 4.79 Å². The number of hydrogen-bond acceptors (Lipinski definition) is 3. The third-order valence-electron chi connectivity index (χ3n) is 3.60. The molecule has 1 aromatic rings. The fraction of sp³-hybridized carbons (Fsp3) is 0.533. The molecule has 1 aromatic carbocycles. The first-order chi connectivity index (χ1) is 9.52. The number of carbonyl (C=O) groups is 1. The monoisotopic (exact) mass is 295 g/mol. The Morgan fingerprint density at radius 3 is 2.55 bits per heavy atom. The largest absolute Gasteiger partial charge is 0.338 e. The summed E-state index contributed by atoms with van der Waals surface area (Å²) in [7, 11) is -3.01. The standard InChI is InChI=1S/C15H21NO3S/c1-2-9-16(11-13-6-4-3-5-7-13)15(17)14-8-10-20(18,19)12-14/h3-7,14H,2,8-12H2,1H3/t14-/m1/s1. The lowest BCUT2D eigenvalue weighted by Gasteiger charge is -2.25. The van der Waals surface area contributed by atoms with Gasteiger partial charge in [-0.1, -0.05) is 37.3 Å². The molecule has 110 valence electrons. The van der Waals surface area contributed by atoms with E-state index in [2.05, 4.69) is 0 Å². The molecule has 0 saturated carbocycles. The maximum Gasteiger partial charge on any atom is 0.227 e. The quantitative estimate of drug-likeness (QED) is 0.833. The highest BCUT2D eigenvalue weighted by Crippen LogP contribution is 2.21. The first-order valence-electron chi connectivity index (χ1n) is 7.05. The highest BCUT2D eigenvalue weighted by Gasteiger charge is 2.35. The van der Waals surface area contributed by atoms with Crippen LogP contribution in [0, 0.1) is 5.92 Å². The van der Waals surface area contributed by atoms with Crippen LogP contribution in [0.2, 0.25) is 0 Å². The van der Waals surface area contributed by atoms with E-state index < -0.39 is 9.84 Å². The molecule has 0 spiro atoms. The Morgan fingerprint density at radius 2 is 2.00 bits per heavy atom. The van der Waals surface area contributed by atoms with E-state index in [0.717, 1.165) is 12.0 Å². The molecule has 1 amide bonds. The lowest BCUT2D eigenvalue weighted by Crippen LogP contribution is -2.36. The number of hydrogen-bond donors (Lipinski definition) is 0. The minimum Gasteiger partial charge on any atom is -0.338 e. The summed E-state index contributed by atoms with van der Waals surface area (Å²) < 4.78 is 23.0. The number of benzene rings is 1. The molecule has 0 aromatic heterocycles. The molecule has 0 bridgehead atoms. The third-order valence-corrected chi connectivity index (χ3v) is 5.37. The van der Waals surface area contributed by atoms with Crippen LogP contribution in [0.25, 0.3) is 0 Å². The fourth-order valence-electron chi connectivity index (χ4n) is 2.59. The topological polar surface area (TPSA) is 54.5 Å². The van der Waals surface area contributed by atoms with Gasteiger partial charge >= 0.3 is 0 Å². The van der Waals surface area contributed by atoms with Crippen molar-refractivity contribution in [3.8, 4) is 0 Å². The van der Waals surface area contributed by atoms with Gasteiger partial charge in [-0.05, 0) is 18.4 Å². The Morgan fingerprint density at radius 1 is 1.30 bits per heavy atom. The molecule has 0 radical (unpaired) electrons. The molecule has 1 saturated heterocycles.